The molecule has 1 saturated heterocycles. The Bertz CT molecular complexity index is 856. The van der Waals surface area contributed by atoms with Crippen LogP contribution in [-0.4, -0.2) is 29.9 Å². The number of anilines is 1. The van der Waals surface area contributed by atoms with E-state index >= 15 is 0 Å². The molecule has 0 aromatic heterocycles. The molecule has 0 saturated carbocycles. The number of piperidine rings is 1. The Morgan fingerprint density at radius 3 is 2.64 bits per heavy atom. The zero-order chi connectivity index (χ0) is 20.1. The zero-order valence-electron chi connectivity index (χ0n) is 16.3. The first-order chi connectivity index (χ1) is 13.4. The second-order valence-electron chi connectivity index (χ2n) is 7.65. The number of benzene rings is 2. The third-order valence-electron chi connectivity index (χ3n) is 5.25. The van der Waals surface area contributed by atoms with Crippen LogP contribution in [0.15, 0.2) is 48.5 Å². The van der Waals surface area contributed by atoms with Gasteiger partial charge in [0, 0.05) is 25.3 Å². The van der Waals surface area contributed by atoms with Crippen LogP contribution in [0.3, 0.4) is 0 Å². The lowest BCUT2D eigenvalue weighted by Crippen LogP contribution is -2.52. The molecule has 1 fully saturated rings. The van der Waals surface area contributed by atoms with E-state index < -0.39 is 5.41 Å². The maximum absolute atomic E-state index is 13.7. The minimum absolute atomic E-state index is 0.0600. The molecule has 0 spiro atoms. The van der Waals surface area contributed by atoms with Gasteiger partial charge >= 0.3 is 6.03 Å². The molecule has 148 valence electrons. The molecule has 1 atom stereocenters. The molecule has 0 radical (unpaired) electrons. The lowest BCUT2D eigenvalue weighted by molar-refractivity contribution is -0.132. The highest BCUT2D eigenvalue weighted by atomic mass is 19.1. The van der Waals surface area contributed by atoms with Gasteiger partial charge in [-0.1, -0.05) is 36.4 Å². The van der Waals surface area contributed by atoms with E-state index in [2.05, 4.69) is 10.6 Å². The van der Waals surface area contributed by atoms with E-state index in [9.17, 15) is 14.0 Å². The van der Waals surface area contributed by atoms with Crippen LogP contribution in [0.1, 0.15) is 30.9 Å². The monoisotopic (exact) mass is 383 g/mol. The Hall–Kier alpha value is -2.89. The summed E-state index contributed by atoms with van der Waals surface area (Å²) < 4.78 is 13.7. The van der Waals surface area contributed by atoms with Crippen molar-refractivity contribution in [3.8, 4) is 0 Å². The average Bonchev–Trinajstić information content (AvgIpc) is 2.69. The molecular weight excluding hydrogens is 357 g/mol. The number of hydrogen-bond acceptors (Lipinski definition) is 2. The van der Waals surface area contributed by atoms with Crippen LogP contribution in [0.5, 0.6) is 0 Å². The van der Waals surface area contributed by atoms with Gasteiger partial charge in [-0.05, 0) is 49.9 Å². The smallest absolute Gasteiger partial charge is 0.321 e. The fourth-order valence-corrected chi connectivity index (χ4v) is 3.46. The lowest BCUT2D eigenvalue weighted by Gasteiger charge is -2.39. The molecule has 2 aromatic carbocycles. The molecule has 0 aliphatic carbocycles. The van der Waals surface area contributed by atoms with Crippen molar-refractivity contribution < 1.29 is 14.0 Å². The van der Waals surface area contributed by atoms with Gasteiger partial charge in [-0.2, -0.15) is 0 Å². The van der Waals surface area contributed by atoms with Crippen molar-refractivity contribution in [1.82, 2.24) is 10.2 Å². The van der Waals surface area contributed by atoms with Gasteiger partial charge in [-0.15, -0.1) is 0 Å². The topological polar surface area (TPSA) is 61.4 Å². The predicted molar refractivity (Wildman–Crippen MR) is 107 cm³/mol. The van der Waals surface area contributed by atoms with Crippen molar-refractivity contribution in [3.63, 3.8) is 0 Å². The molecule has 1 aliphatic rings. The first-order valence-corrected chi connectivity index (χ1v) is 9.52. The minimum atomic E-state index is -0.650. The van der Waals surface area contributed by atoms with Crippen LogP contribution >= 0.6 is 0 Å². The van der Waals surface area contributed by atoms with Gasteiger partial charge in [0.25, 0.3) is 0 Å². The quantitative estimate of drug-likeness (QED) is 0.836. The first-order valence-electron chi connectivity index (χ1n) is 9.52. The highest BCUT2D eigenvalue weighted by Crippen LogP contribution is 2.30. The molecule has 3 rings (SSSR count). The summed E-state index contributed by atoms with van der Waals surface area (Å²) in [5.74, 6) is -0.420. The molecule has 0 unspecified atom stereocenters. The van der Waals surface area contributed by atoms with Crippen molar-refractivity contribution in [2.75, 3.05) is 18.4 Å². The minimum Gasteiger partial charge on any atom is -0.351 e. The van der Waals surface area contributed by atoms with E-state index in [1.54, 1.807) is 24.0 Å². The lowest BCUT2D eigenvalue weighted by atomic mass is 9.81. The number of nitrogens with zero attached hydrogens (tertiary/aromatic N) is 1. The number of nitrogens with one attached hydrogen (secondary N) is 2. The fraction of sp³-hybridized carbons (Fsp3) is 0.364. The predicted octanol–water partition coefficient (Wildman–Crippen LogP) is 4.08. The van der Waals surface area contributed by atoms with Crippen molar-refractivity contribution in [2.45, 2.75) is 33.2 Å². The molecule has 0 bridgehead atoms. The number of likely N-dealkylation sites (tertiary alicyclic amines) is 1. The number of rotatable bonds is 4. The summed E-state index contributed by atoms with van der Waals surface area (Å²) in [5.41, 5.74) is 1.32. The zero-order valence-corrected chi connectivity index (χ0v) is 16.3. The van der Waals surface area contributed by atoms with E-state index in [-0.39, 0.29) is 17.8 Å². The number of carbonyl (C=O) groups excluding carboxylic acids is 2. The van der Waals surface area contributed by atoms with Crippen molar-refractivity contribution in [3.05, 3.63) is 65.5 Å². The van der Waals surface area contributed by atoms with Crippen LogP contribution < -0.4 is 10.6 Å². The maximum Gasteiger partial charge on any atom is 0.321 e. The van der Waals surface area contributed by atoms with E-state index in [0.717, 1.165) is 18.4 Å². The Labute approximate surface area is 164 Å². The second-order valence-corrected chi connectivity index (χ2v) is 7.65. The van der Waals surface area contributed by atoms with Gasteiger partial charge < -0.3 is 15.5 Å². The van der Waals surface area contributed by atoms with Crippen molar-refractivity contribution in [1.29, 1.82) is 0 Å². The molecule has 6 heteroatoms. The van der Waals surface area contributed by atoms with Crippen LogP contribution in [0.2, 0.25) is 0 Å². The fourth-order valence-electron chi connectivity index (χ4n) is 3.46. The Morgan fingerprint density at radius 2 is 1.93 bits per heavy atom. The second kappa shape index (κ2) is 8.42. The van der Waals surface area contributed by atoms with Gasteiger partial charge in [-0.25, -0.2) is 9.18 Å². The summed E-state index contributed by atoms with van der Waals surface area (Å²) >= 11 is 0. The molecule has 2 aromatic rings. The largest absolute Gasteiger partial charge is 0.351 e. The Morgan fingerprint density at radius 1 is 1.18 bits per heavy atom. The highest BCUT2D eigenvalue weighted by Gasteiger charge is 2.39. The normalized spacial score (nSPS) is 19.2. The molecular formula is C22H26FN3O2. The summed E-state index contributed by atoms with van der Waals surface area (Å²) in [6.07, 6.45) is 1.46. The van der Waals surface area contributed by atoms with Crippen LogP contribution in [0, 0.1) is 18.2 Å². The molecule has 28 heavy (non-hydrogen) atoms. The number of hydrogen-bond donors (Lipinski definition) is 2. The molecule has 2 N–H and O–H groups in total. The third-order valence-corrected chi connectivity index (χ3v) is 5.25. The Kier molecular flexibility index (Phi) is 5.97. The summed E-state index contributed by atoms with van der Waals surface area (Å²) in [6, 6.07) is 14.0. The number of halogens is 1. The van der Waals surface area contributed by atoms with Crippen molar-refractivity contribution in [2.24, 2.45) is 5.41 Å². The van der Waals surface area contributed by atoms with Gasteiger partial charge in [0.1, 0.15) is 5.82 Å². The molecule has 5 nitrogen and oxygen atoms in total. The average molecular weight is 383 g/mol. The number of urea groups is 1. The summed E-state index contributed by atoms with van der Waals surface area (Å²) in [6.45, 7) is 4.92. The van der Waals surface area contributed by atoms with Gasteiger partial charge in [0.2, 0.25) is 5.91 Å². The summed E-state index contributed by atoms with van der Waals surface area (Å²) in [4.78, 5) is 27.0. The summed E-state index contributed by atoms with van der Waals surface area (Å²) in [7, 11) is 0. The molecule has 1 heterocycles. The summed E-state index contributed by atoms with van der Waals surface area (Å²) in [5, 5.41) is 5.71. The number of carbonyl (C=O) groups is 2. The highest BCUT2D eigenvalue weighted by molar-refractivity contribution is 5.90. The number of aryl methyl sites for hydroxylation is 1. The van der Waals surface area contributed by atoms with E-state index in [1.165, 1.54) is 6.07 Å². The van der Waals surface area contributed by atoms with Gasteiger partial charge in [-0.3, -0.25) is 4.79 Å². The SMILES string of the molecule is Cc1ccc(NC(=O)N2CCC[C@@](C)(C(=O)NCc3ccccc3)C2)cc1F. The number of amides is 3. The van der Waals surface area contributed by atoms with Gasteiger partial charge in [0.05, 0.1) is 5.41 Å². The van der Waals surface area contributed by atoms with Crippen LogP contribution in [0.25, 0.3) is 0 Å². The first kappa shape index (κ1) is 19.9. The molecule has 3 amide bonds. The van der Waals surface area contributed by atoms with Crippen LogP contribution in [-0.2, 0) is 11.3 Å². The maximum atomic E-state index is 13.7. The van der Waals surface area contributed by atoms with E-state index in [0.29, 0.717) is 30.9 Å². The van der Waals surface area contributed by atoms with Gasteiger partial charge in [0.15, 0.2) is 0 Å². The van der Waals surface area contributed by atoms with E-state index in [4.69, 9.17) is 0 Å². The van der Waals surface area contributed by atoms with Crippen molar-refractivity contribution >= 4 is 17.6 Å². The standard InChI is InChI=1S/C22H26FN3O2/c1-16-9-10-18(13-19(16)23)25-21(28)26-12-6-11-22(2,15-26)20(27)24-14-17-7-4-3-5-8-17/h3-5,7-10,13H,6,11-12,14-15H2,1-2H3,(H,24,27)(H,25,28)/t22-/m1/s1. The van der Waals surface area contributed by atoms with Crippen LogP contribution in [0.4, 0.5) is 14.9 Å². The Balaban J connectivity index is 1.60. The third kappa shape index (κ3) is 4.68. The molecule has 1 aliphatic heterocycles. The van der Waals surface area contributed by atoms with E-state index in [1.807, 2.05) is 37.3 Å².